The van der Waals surface area contributed by atoms with Gasteiger partial charge in [-0.15, -0.1) is 9.24 Å². The van der Waals surface area contributed by atoms with E-state index in [0.717, 1.165) is 5.30 Å². The molecule has 0 nitrogen and oxygen atoms in total. The predicted molar refractivity (Wildman–Crippen MR) is 45.8 cm³/mol. The molecule has 1 aromatic rings. The van der Waals surface area contributed by atoms with Gasteiger partial charge in [0, 0.05) is 10.0 Å². The van der Waals surface area contributed by atoms with Gasteiger partial charge in [0.15, 0.2) is 0 Å². The number of halogens is 2. The molecule has 1 aromatic carbocycles. The van der Waals surface area contributed by atoms with E-state index in [0.29, 0.717) is 10.0 Å². The maximum Gasteiger partial charge on any atom is 0.0492 e. The van der Waals surface area contributed by atoms with E-state index in [2.05, 4.69) is 9.24 Å². The van der Waals surface area contributed by atoms with Gasteiger partial charge in [-0.1, -0.05) is 29.3 Å². The predicted octanol–water partition coefficient (Wildman–Crippen LogP) is 2.49. The summed E-state index contributed by atoms with van der Waals surface area (Å²) in [6.07, 6.45) is 0. The molecule has 1 atom stereocenters. The number of benzene rings is 1. The highest BCUT2D eigenvalue weighted by atomic mass is 35.5. The van der Waals surface area contributed by atoms with Gasteiger partial charge in [-0.2, -0.15) is 0 Å². The molecule has 9 heavy (non-hydrogen) atoms. The van der Waals surface area contributed by atoms with Gasteiger partial charge in [-0.25, -0.2) is 0 Å². The molecule has 0 amide bonds. The molecule has 3 heteroatoms. The Bertz CT molecular complexity index is 222. The van der Waals surface area contributed by atoms with E-state index in [1.807, 2.05) is 6.07 Å². The molecule has 0 heterocycles. The summed E-state index contributed by atoms with van der Waals surface area (Å²) >= 11 is 11.3. The summed E-state index contributed by atoms with van der Waals surface area (Å²) in [5.74, 6) is 0. The maximum atomic E-state index is 5.71. The van der Waals surface area contributed by atoms with E-state index in [1.165, 1.54) is 0 Å². The SMILES string of the molecule is Pc1ccc(Cl)cc1Cl. The number of hydrogen-bond acceptors (Lipinski definition) is 0. The second kappa shape index (κ2) is 2.88. The molecule has 0 aromatic heterocycles. The minimum atomic E-state index is 0.672. The zero-order valence-electron chi connectivity index (χ0n) is 4.57. The first kappa shape index (κ1) is 7.34. The topological polar surface area (TPSA) is 0 Å². The third-order valence-corrected chi connectivity index (χ3v) is 2.21. The molecular formula is C6H5Cl2P. The van der Waals surface area contributed by atoms with Gasteiger partial charge in [0.1, 0.15) is 0 Å². The van der Waals surface area contributed by atoms with Gasteiger partial charge >= 0.3 is 0 Å². The molecule has 0 aliphatic rings. The molecule has 0 aliphatic heterocycles. The summed E-state index contributed by atoms with van der Waals surface area (Å²) in [7, 11) is 2.52. The van der Waals surface area contributed by atoms with Crippen molar-refractivity contribution in [3.8, 4) is 0 Å². The average molecular weight is 179 g/mol. The first-order chi connectivity index (χ1) is 4.20. The highest BCUT2D eigenvalue weighted by Gasteiger charge is 1.93. The minimum Gasteiger partial charge on any atom is -0.104 e. The fourth-order valence-electron chi connectivity index (χ4n) is 0.502. The third-order valence-electron chi connectivity index (χ3n) is 0.962. The van der Waals surface area contributed by atoms with Crippen LogP contribution in [0.5, 0.6) is 0 Å². The van der Waals surface area contributed by atoms with Crippen molar-refractivity contribution >= 4 is 37.7 Å². The summed E-state index contributed by atoms with van der Waals surface area (Å²) in [4.78, 5) is 0. The quantitative estimate of drug-likeness (QED) is 0.536. The Morgan fingerprint density at radius 2 is 1.89 bits per heavy atom. The molecule has 0 radical (unpaired) electrons. The van der Waals surface area contributed by atoms with E-state index in [4.69, 9.17) is 23.2 Å². The van der Waals surface area contributed by atoms with E-state index in [-0.39, 0.29) is 0 Å². The van der Waals surface area contributed by atoms with Gasteiger partial charge in [-0.05, 0) is 17.4 Å². The van der Waals surface area contributed by atoms with Crippen LogP contribution < -0.4 is 5.30 Å². The van der Waals surface area contributed by atoms with Crippen LogP contribution in [-0.4, -0.2) is 0 Å². The van der Waals surface area contributed by atoms with Gasteiger partial charge in [0.05, 0.1) is 0 Å². The lowest BCUT2D eigenvalue weighted by Crippen LogP contribution is -1.89. The van der Waals surface area contributed by atoms with Crippen molar-refractivity contribution in [3.63, 3.8) is 0 Å². The molecule has 0 bridgehead atoms. The Hall–Kier alpha value is 0.230. The zero-order valence-corrected chi connectivity index (χ0v) is 7.23. The van der Waals surface area contributed by atoms with Crippen LogP contribution in [0.4, 0.5) is 0 Å². The Morgan fingerprint density at radius 1 is 1.22 bits per heavy atom. The lowest BCUT2D eigenvalue weighted by Gasteiger charge is -1.94. The highest BCUT2D eigenvalue weighted by Crippen LogP contribution is 2.14. The molecule has 1 rings (SSSR count). The van der Waals surface area contributed by atoms with Crippen LogP contribution in [0.1, 0.15) is 0 Å². The Kier molecular flexibility index (Phi) is 2.35. The zero-order chi connectivity index (χ0) is 6.85. The normalized spacial score (nSPS) is 9.67. The van der Waals surface area contributed by atoms with Crippen molar-refractivity contribution in [1.82, 2.24) is 0 Å². The van der Waals surface area contributed by atoms with Crippen LogP contribution >= 0.6 is 32.4 Å². The number of hydrogen-bond donors (Lipinski definition) is 0. The first-order valence-electron chi connectivity index (χ1n) is 2.40. The van der Waals surface area contributed by atoms with Crippen LogP contribution in [0.15, 0.2) is 18.2 Å². The minimum absolute atomic E-state index is 0.672. The van der Waals surface area contributed by atoms with Crippen molar-refractivity contribution in [1.29, 1.82) is 0 Å². The Morgan fingerprint density at radius 3 is 2.33 bits per heavy atom. The summed E-state index contributed by atoms with van der Waals surface area (Å²) in [6.45, 7) is 0. The molecule has 0 saturated heterocycles. The van der Waals surface area contributed by atoms with Gasteiger partial charge in [-0.3, -0.25) is 0 Å². The third kappa shape index (κ3) is 1.82. The van der Waals surface area contributed by atoms with Crippen LogP contribution in [0.3, 0.4) is 0 Å². The van der Waals surface area contributed by atoms with Crippen LogP contribution in [0.2, 0.25) is 10.0 Å². The molecule has 0 spiro atoms. The van der Waals surface area contributed by atoms with Gasteiger partial charge < -0.3 is 0 Å². The molecule has 1 unspecified atom stereocenters. The lowest BCUT2D eigenvalue weighted by atomic mass is 10.4. The summed E-state index contributed by atoms with van der Waals surface area (Å²) in [6, 6.07) is 5.37. The van der Waals surface area contributed by atoms with E-state index < -0.39 is 0 Å². The van der Waals surface area contributed by atoms with Crippen LogP contribution in [0.25, 0.3) is 0 Å². The molecule has 0 N–H and O–H groups in total. The molecule has 48 valence electrons. The van der Waals surface area contributed by atoms with Crippen molar-refractivity contribution in [2.45, 2.75) is 0 Å². The maximum absolute atomic E-state index is 5.71. The number of rotatable bonds is 0. The highest BCUT2D eigenvalue weighted by molar-refractivity contribution is 7.28. The lowest BCUT2D eigenvalue weighted by molar-refractivity contribution is 1.77. The molecule has 0 aliphatic carbocycles. The van der Waals surface area contributed by atoms with E-state index in [1.54, 1.807) is 12.1 Å². The average Bonchev–Trinajstić information content (AvgIpc) is 1.80. The second-order valence-electron chi connectivity index (χ2n) is 1.67. The first-order valence-corrected chi connectivity index (χ1v) is 3.74. The van der Waals surface area contributed by atoms with E-state index in [9.17, 15) is 0 Å². The fourth-order valence-corrected chi connectivity index (χ4v) is 1.09. The summed E-state index contributed by atoms with van der Waals surface area (Å²) in [5.41, 5.74) is 0. The van der Waals surface area contributed by atoms with Crippen LogP contribution in [-0.2, 0) is 0 Å². The summed E-state index contributed by atoms with van der Waals surface area (Å²) < 4.78 is 0. The smallest absolute Gasteiger partial charge is 0.0492 e. The largest absolute Gasteiger partial charge is 0.104 e. The fraction of sp³-hybridized carbons (Fsp3) is 0. The van der Waals surface area contributed by atoms with E-state index >= 15 is 0 Å². The standard InChI is InChI=1S/C6H5Cl2P/c7-4-1-2-6(9)5(8)3-4/h1-3H,9H2. The van der Waals surface area contributed by atoms with Crippen molar-refractivity contribution in [3.05, 3.63) is 28.2 Å². The Balaban J connectivity index is 3.17. The van der Waals surface area contributed by atoms with Crippen molar-refractivity contribution < 1.29 is 0 Å². The molecule has 0 fully saturated rings. The van der Waals surface area contributed by atoms with Crippen LogP contribution in [0, 0.1) is 0 Å². The monoisotopic (exact) mass is 178 g/mol. The second-order valence-corrected chi connectivity index (χ2v) is 3.13. The van der Waals surface area contributed by atoms with Crippen molar-refractivity contribution in [2.75, 3.05) is 0 Å². The van der Waals surface area contributed by atoms with Gasteiger partial charge in [0.2, 0.25) is 0 Å². The molecule has 0 saturated carbocycles. The summed E-state index contributed by atoms with van der Waals surface area (Å²) in [5, 5.41) is 2.33. The van der Waals surface area contributed by atoms with Gasteiger partial charge in [0.25, 0.3) is 0 Å². The van der Waals surface area contributed by atoms with Crippen molar-refractivity contribution in [2.24, 2.45) is 0 Å². The molecular weight excluding hydrogens is 174 g/mol. The Labute approximate surface area is 66.4 Å².